The Morgan fingerprint density at radius 3 is 2.41 bits per heavy atom. The van der Waals surface area contributed by atoms with Crippen LogP contribution in [-0.2, 0) is 0 Å². The summed E-state index contributed by atoms with van der Waals surface area (Å²) in [4.78, 5) is 30.0. The average molecular weight is 391 g/mol. The van der Waals surface area contributed by atoms with E-state index < -0.39 is 0 Å². The van der Waals surface area contributed by atoms with Gasteiger partial charge in [-0.25, -0.2) is 0 Å². The molecule has 1 amide bonds. The van der Waals surface area contributed by atoms with Crippen LogP contribution in [0, 0.1) is 6.92 Å². The molecular weight excluding hydrogens is 360 g/mol. The fourth-order valence-corrected chi connectivity index (χ4v) is 4.25. The molecule has 0 radical (unpaired) electrons. The molecular formula is C25H30N2O2. The highest BCUT2D eigenvalue weighted by Crippen LogP contribution is 2.45. The molecule has 4 nitrogen and oxygen atoms in total. The van der Waals surface area contributed by atoms with Crippen LogP contribution in [0.3, 0.4) is 0 Å². The van der Waals surface area contributed by atoms with Crippen LogP contribution >= 0.6 is 0 Å². The molecule has 1 heterocycles. The summed E-state index contributed by atoms with van der Waals surface area (Å²) in [7, 11) is 3.77. The number of benzene rings is 2. The molecule has 3 rings (SSSR count). The van der Waals surface area contributed by atoms with Crippen molar-refractivity contribution in [2.24, 2.45) is 0 Å². The minimum Gasteiger partial charge on any atom is -0.383 e. The predicted molar refractivity (Wildman–Crippen MR) is 119 cm³/mol. The van der Waals surface area contributed by atoms with Crippen molar-refractivity contribution in [1.29, 1.82) is 0 Å². The van der Waals surface area contributed by atoms with Gasteiger partial charge in [-0.05, 0) is 62.4 Å². The number of aryl methyl sites for hydroxylation is 1. The molecule has 2 aromatic rings. The van der Waals surface area contributed by atoms with Gasteiger partial charge in [-0.3, -0.25) is 9.59 Å². The van der Waals surface area contributed by atoms with Gasteiger partial charge in [0.1, 0.15) is 0 Å². The van der Waals surface area contributed by atoms with E-state index in [0.29, 0.717) is 17.0 Å². The zero-order valence-corrected chi connectivity index (χ0v) is 18.2. The van der Waals surface area contributed by atoms with Gasteiger partial charge in [0.05, 0.1) is 0 Å². The molecule has 0 bridgehead atoms. The average Bonchev–Trinajstić information content (AvgIpc) is 2.66. The number of anilines is 1. The quantitative estimate of drug-likeness (QED) is 0.533. The summed E-state index contributed by atoms with van der Waals surface area (Å²) in [5, 5.41) is 0. The molecule has 0 N–H and O–H groups in total. The second-order valence-electron chi connectivity index (χ2n) is 8.79. The lowest BCUT2D eigenvalue weighted by atomic mass is 9.78. The summed E-state index contributed by atoms with van der Waals surface area (Å²) in [5.41, 5.74) is 3.85. The molecule has 1 unspecified atom stereocenters. The van der Waals surface area contributed by atoms with Gasteiger partial charge in [-0.1, -0.05) is 31.2 Å². The molecule has 0 saturated carbocycles. The first-order valence-electron chi connectivity index (χ1n) is 10.0. The zero-order chi connectivity index (χ0) is 21.3. The molecule has 0 aromatic heterocycles. The number of carbonyl (C=O) groups is 2. The molecule has 2 aromatic carbocycles. The third-order valence-electron chi connectivity index (χ3n) is 5.57. The van der Waals surface area contributed by atoms with E-state index >= 15 is 0 Å². The van der Waals surface area contributed by atoms with E-state index in [0.717, 1.165) is 23.2 Å². The second-order valence-corrected chi connectivity index (χ2v) is 8.79. The molecule has 1 aliphatic rings. The topological polar surface area (TPSA) is 40.6 Å². The van der Waals surface area contributed by atoms with Crippen molar-refractivity contribution in [1.82, 2.24) is 4.90 Å². The van der Waals surface area contributed by atoms with Crippen LogP contribution in [0.25, 0.3) is 0 Å². The number of ketones is 1. The number of hydrogen-bond acceptors (Lipinski definition) is 3. The van der Waals surface area contributed by atoms with Crippen molar-refractivity contribution < 1.29 is 9.59 Å². The van der Waals surface area contributed by atoms with Crippen molar-refractivity contribution in [3.05, 3.63) is 77.0 Å². The molecule has 1 atom stereocenters. The van der Waals surface area contributed by atoms with E-state index in [2.05, 4.69) is 26.8 Å². The fraction of sp³-hybridized carbons (Fsp3) is 0.360. The summed E-state index contributed by atoms with van der Waals surface area (Å²) < 4.78 is 0. The van der Waals surface area contributed by atoms with Gasteiger partial charge in [-0.2, -0.15) is 0 Å². The van der Waals surface area contributed by atoms with Crippen molar-refractivity contribution in [3.8, 4) is 0 Å². The maximum atomic E-state index is 13.5. The molecule has 1 aliphatic heterocycles. The second kappa shape index (κ2) is 7.86. The first kappa shape index (κ1) is 20.8. The van der Waals surface area contributed by atoms with Crippen molar-refractivity contribution in [2.45, 2.75) is 45.6 Å². The van der Waals surface area contributed by atoms with Gasteiger partial charge in [-0.15, -0.1) is 0 Å². The van der Waals surface area contributed by atoms with E-state index in [-0.39, 0.29) is 17.2 Å². The molecule has 152 valence electrons. The lowest BCUT2D eigenvalue weighted by Crippen LogP contribution is -2.51. The third-order valence-corrected chi connectivity index (χ3v) is 5.57. The van der Waals surface area contributed by atoms with Gasteiger partial charge in [0.15, 0.2) is 5.78 Å². The van der Waals surface area contributed by atoms with Gasteiger partial charge >= 0.3 is 0 Å². The van der Waals surface area contributed by atoms with Crippen molar-refractivity contribution in [2.75, 3.05) is 19.0 Å². The van der Waals surface area contributed by atoms with E-state index in [1.54, 1.807) is 12.3 Å². The smallest absolute Gasteiger partial charge is 0.258 e. The Labute approximate surface area is 173 Å². The van der Waals surface area contributed by atoms with Crippen LogP contribution in [0.5, 0.6) is 0 Å². The number of rotatable bonds is 4. The Bertz CT molecular complexity index is 958. The fourth-order valence-electron chi connectivity index (χ4n) is 4.25. The molecule has 0 saturated heterocycles. The Kier molecular flexibility index (Phi) is 5.65. The number of allylic oxidation sites excluding steroid dienone is 1. The molecule has 0 spiro atoms. The first-order valence-corrected chi connectivity index (χ1v) is 10.0. The highest BCUT2D eigenvalue weighted by atomic mass is 16.2. The summed E-state index contributed by atoms with van der Waals surface area (Å²) in [6.07, 6.45) is 4.20. The van der Waals surface area contributed by atoms with Gasteiger partial charge < -0.3 is 9.80 Å². The lowest BCUT2D eigenvalue weighted by molar-refractivity contribution is 0.0952. The summed E-state index contributed by atoms with van der Waals surface area (Å²) in [6.45, 7) is 8.35. The SMILES string of the molecule is Cc1cc2c(cc1C(=O)C=CN(C)C)N(C(=O)c1ccccc1)C(C)(C)CC2C. The molecule has 29 heavy (non-hydrogen) atoms. The summed E-state index contributed by atoms with van der Waals surface area (Å²) in [6, 6.07) is 13.3. The molecule has 0 fully saturated rings. The predicted octanol–water partition coefficient (Wildman–Crippen LogP) is 5.19. The maximum absolute atomic E-state index is 13.5. The lowest BCUT2D eigenvalue weighted by Gasteiger charge is -2.46. The van der Waals surface area contributed by atoms with E-state index in [4.69, 9.17) is 0 Å². The highest BCUT2D eigenvalue weighted by Gasteiger charge is 2.40. The Morgan fingerprint density at radius 1 is 1.14 bits per heavy atom. The minimum atomic E-state index is -0.353. The minimum absolute atomic E-state index is 0.0326. The van der Waals surface area contributed by atoms with Crippen molar-refractivity contribution >= 4 is 17.4 Å². The number of carbonyl (C=O) groups excluding carboxylic acids is 2. The highest BCUT2D eigenvalue weighted by molar-refractivity contribution is 6.10. The van der Waals surface area contributed by atoms with Crippen LogP contribution in [0.15, 0.2) is 54.7 Å². The Hall–Kier alpha value is -2.88. The van der Waals surface area contributed by atoms with E-state index in [1.165, 1.54) is 0 Å². The number of amides is 1. The van der Waals surface area contributed by atoms with Crippen molar-refractivity contribution in [3.63, 3.8) is 0 Å². The zero-order valence-electron chi connectivity index (χ0n) is 18.2. The van der Waals surface area contributed by atoms with Crippen LogP contribution < -0.4 is 4.90 Å². The normalized spacial score (nSPS) is 17.9. The number of nitrogens with zero attached hydrogens (tertiary/aromatic N) is 2. The Balaban J connectivity index is 2.15. The van der Waals surface area contributed by atoms with Gasteiger partial charge in [0.2, 0.25) is 0 Å². The van der Waals surface area contributed by atoms with Gasteiger partial charge in [0, 0.05) is 48.7 Å². The van der Waals surface area contributed by atoms with Crippen LogP contribution in [0.2, 0.25) is 0 Å². The van der Waals surface area contributed by atoms with E-state index in [1.807, 2.05) is 67.2 Å². The number of hydrogen-bond donors (Lipinski definition) is 0. The number of fused-ring (bicyclic) bond motifs is 1. The summed E-state index contributed by atoms with van der Waals surface area (Å²) in [5.74, 6) is 0.219. The van der Waals surface area contributed by atoms with Crippen LogP contribution in [0.4, 0.5) is 5.69 Å². The standard InChI is InChI=1S/C25H30N2O2/c1-17-14-20-18(2)16-25(3,4)27(24(29)19-10-8-7-9-11-19)22(20)15-21(17)23(28)12-13-26(5)6/h7-15,18H,16H2,1-6H3. The maximum Gasteiger partial charge on any atom is 0.258 e. The first-order chi connectivity index (χ1) is 13.6. The van der Waals surface area contributed by atoms with Crippen LogP contribution in [-0.4, -0.2) is 36.2 Å². The largest absolute Gasteiger partial charge is 0.383 e. The summed E-state index contributed by atoms with van der Waals surface area (Å²) >= 11 is 0. The van der Waals surface area contributed by atoms with Gasteiger partial charge in [0.25, 0.3) is 5.91 Å². The molecule has 0 aliphatic carbocycles. The third kappa shape index (κ3) is 4.12. The Morgan fingerprint density at radius 2 is 1.79 bits per heavy atom. The van der Waals surface area contributed by atoms with E-state index in [9.17, 15) is 9.59 Å². The molecule has 4 heteroatoms. The van der Waals surface area contributed by atoms with Crippen LogP contribution in [0.1, 0.15) is 65.0 Å². The monoisotopic (exact) mass is 390 g/mol.